The predicted molar refractivity (Wildman–Crippen MR) is 123 cm³/mol. The SMILES string of the molecule is CN(C)C(=O)c1cn2ncnc(N)c2c1-c1ccc(NC(=O)Nc2cccc(C(F)(F)F)n2)cc1. The summed E-state index contributed by atoms with van der Waals surface area (Å²) in [6, 6.07) is 8.87. The lowest BCUT2D eigenvalue weighted by molar-refractivity contribution is -0.141. The lowest BCUT2D eigenvalue weighted by Gasteiger charge is -2.12. The number of carbonyl (C=O) groups is 2. The molecule has 0 atom stereocenters. The number of rotatable bonds is 4. The van der Waals surface area contributed by atoms with E-state index in [4.69, 9.17) is 5.73 Å². The Morgan fingerprint density at radius 3 is 2.43 bits per heavy atom. The van der Waals surface area contributed by atoms with Crippen LogP contribution < -0.4 is 16.4 Å². The number of hydrogen-bond acceptors (Lipinski definition) is 6. The van der Waals surface area contributed by atoms with Gasteiger partial charge in [-0.05, 0) is 29.8 Å². The zero-order valence-electron chi connectivity index (χ0n) is 18.5. The Balaban J connectivity index is 1.59. The second-order valence-corrected chi connectivity index (χ2v) is 7.62. The second-order valence-electron chi connectivity index (χ2n) is 7.62. The second kappa shape index (κ2) is 8.93. The van der Waals surface area contributed by atoms with Gasteiger partial charge in [-0.1, -0.05) is 18.2 Å². The number of nitrogens with zero attached hydrogens (tertiary/aromatic N) is 5. The maximum Gasteiger partial charge on any atom is 0.433 e. The van der Waals surface area contributed by atoms with Crippen molar-refractivity contribution in [2.75, 3.05) is 30.5 Å². The highest BCUT2D eigenvalue weighted by Crippen LogP contribution is 2.33. The first kappa shape index (κ1) is 23.5. The number of aromatic nitrogens is 4. The molecule has 0 unspecified atom stereocenters. The summed E-state index contributed by atoms with van der Waals surface area (Å²) in [6.07, 6.45) is -1.79. The maximum absolute atomic E-state index is 12.8. The third kappa shape index (κ3) is 4.83. The number of nitrogens with two attached hydrogens (primary N) is 1. The molecule has 0 radical (unpaired) electrons. The number of hydrogen-bond donors (Lipinski definition) is 3. The fraction of sp³-hybridized carbons (Fsp3) is 0.136. The number of carbonyl (C=O) groups excluding carboxylic acids is 2. The lowest BCUT2D eigenvalue weighted by atomic mass is 10.0. The molecule has 0 aliphatic rings. The first-order chi connectivity index (χ1) is 16.5. The van der Waals surface area contributed by atoms with Crippen LogP contribution in [0.15, 0.2) is 55.0 Å². The molecule has 3 heterocycles. The number of nitrogens with one attached hydrogen (secondary N) is 2. The molecule has 10 nitrogen and oxygen atoms in total. The summed E-state index contributed by atoms with van der Waals surface area (Å²) in [5.74, 6) is -0.334. The number of pyridine rings is 1. The van der Waals surface area contributed by atoms with E-state index in [-0.39, 0.29) is 17.5 Å². The molecule has 0 saturated carbocycles. The van der Waals surface area contributed by atoms with Crippen LogP contribution in [-0.2, 0) is 6.18 Å². The first-order valence-electron chi connectivity index (χ1n) is 10.1. The molecular weight excluding hydrogens is 465 g/mol. The van der Waals surface area contributed by atoms with Crippen LogP contribution in [0.2, 0.25) is 0 Å². The van der Waals surface area contributed by atoms with Gasteiger partial charge in [0, 0.05) is 31.5 Å². The molecule has 4 N–H and O–H groups in total. The number of benzene rings is 1. The van der Waals surface area contributed by atoms with Gasteiger partial charge in [0.25, 0.3) is 5.91 Å². The van der Waals surface area contributed by atoms with Crippen molar-refractivity contribution < 1.29 is 22.8 Å². The largest absolute Gasteiger partial charge is 0.433 e. The molecule has 4 rings (SSSR count). The van der Waals surface area contributed by atoms with Gasteiger partial charge < -0.3 is 16.0 Å². The molecule has 3 aromatic heterocycles. The van der Waals surface area contributed by atoms with Crippen LogP contribution in [-0.4, -0.2) is 50.5 Å². The molecular formula is C22H19F3N8O2. The molecule has 180 valence electrons. The molecule has 35 heavy (non-hydrogen) atoms. The molecule has 0 aliphatic heterocycles. The van der Waals surface area contributed by atoms with Crippen molar-refractivity contribution in [2.24, 2.45) is 0 Å². The van der Waals surface area contributed by atoms with Crippen LogP contribution in [0.5, 0.6) is 0 Å². The van der Waals surface area contributed by atoms with E-state index >= 15 is 0 Å². The summed E-state index contributed by atoms with van der Waals surface area (Å²) in [5.41, 5.74) is 7.23. The third-order valence-electron chi connectivity index (χ3n) is 4.95. The topological polar surface area (TPSA) is 131 Å². The highest BCUT2D eigenvalue weighted by atomic mass is 19.4. The van der Waals surface area contributed by atoms with Crippen molar-refractivity contribution in [3.8, 4) is 11.1 Å². The minimum atomic E-state index is -4.63. The summed E-state index contributed by atoms with van der Waals surface area (Å²) in [5, 5.41) is 8.91. The summed E-state index contributed by atoms with van der Waals surface area (Å²) < 4.78 is 39.9. The number of amides is 3. The average Bonchev–Trinajstić information content (AvgIpc) is 3.19. The first-order valence-corrected chi connectivity index (χ1v) is 10.1. The number of urea groups is 1. The van der Waals surface area contributed by atoms with Crippen LogP contribution >= 0.6 is 0 Å². The summed E-state index contributed by atoms with van der Waals surface area (Å²) in [4.78, 5) is 33.9. The van der Waals surface area contributed by atoms with Crippen LogP contribution in [0.1, 0.15) is 16.1 Å². The van der Waals surface area contributed by atoms with E-state index in [0.717, 1.165) is 12.1 Å². The van der Waals surface area contributed by atoms with Crippen molar-refractivity contribution in [1.29, 1.82) is 0 Å². The minimum Gasteiger partial charge on any atom is -0.382 e. The van der Waals surface area contributed by atoms with Gasteiger partial charge in [-0.3, -0.25) is 10.1 Å². The number of nitrogen functional groups attached to an aromatic ring is 1. The fourth-order valence-corrected chi connectivity index (χ4v) is 3.39. The highest BCUT2D eigenvalue weighted by Gasteiger charge is 2.32. The fourth-order valence-electron chi connectivity index (χ4n) is 3.39. The quantitative estimate of drug-likeness (QED) is 0.405. The predicted octanol–water partition coefficient (Wildman–Crippen LogP) is 3.74. The zero-order chi connectivity index (χ0) is 25.3. The van der Waals surface area contributed by atoms with Gasteiger partial charge in [-0.15, -0.1) is 0 Å². The van der Waals surface area contributed by atoms with Gasteiger partial charge in [0.2, 0.25) is 0 Å². The number of fused-ring (bicyclic) bond motifs is 1. The Hall–Kier alpha value is -4.68. The minimum absolute atomic E-state index is 0.183. The monoisotopic (exact) mass is 484 g/mol. The molecule has 1 aromatic carbocycles. The Bertz CT molecular complexity index is 1410. The van der Waals surface area contributed by atoms with Crippen LogP contribution in [0.25, 0.3) is 16.6 Å². The van der Waals surface area contributed by atoms with Crippen molar-refractivity contribution in [3.63, 3.8) is 0 Å². The van der Waals surface area contributed by atoms with Gasteiger partial charge in [0.1, 0.15) is 23.4 Å². The summed E-state index contributed by atoms with van der Waals surface area (Å²) in [7, 11) is 3.24. The van der Waals surface area contributed by atoms with E-state index < -0.39 is 17.9 Å². The van der Waals surface area contributed by atoms with Crippen LogP contribution in [0.4, 0.5) is 35.3 Å². The van der Waals surface area contributed by atoms with Crippen molar-refractivity contribution in [3.05, 3.63) is 66.2 Å². The Kier molecular flexibility index (Phi) is 5.99. The molecule has 0 saturated heterocycles. The summed E-state index contributed by atoms with van der Waals surface area (Å²) in [6.45, 7) is 0. The van der Waals surface area contributed by atoms with Crippen LogP contribution in [0, 0.1) is 0 Å². The lowest BCUT2D eigenvalue weighted by Crippen LogP contribution is -2.21. The standard InChI is InChI=1S/C22H19F3N8O2/c1-32(2)20(34)14-10-33-18(19(26)27-11-28-33)17(14)12-6-8-13(9-7-12)29-21(35)31-16-5-3-4-15(30-16)22(23,24)25/h3-11H,1-2H3,(H2,26,27,28)(H2,29,30,31,35). The Labute approximate surface area is 196 Å². The van der Waals surface area contributed by atoms with E-state index in [1.54, 1.807) is 44.6 Å². The zero-order valence-corrected chi connectivity index (χ0v) is 18.5. The van der Waals surface area contributed by atoms with Crippen LogP contribution in [0.3, 0.4) is 0 Å². The molecule has 0 spiro atoms. The van der Waals surface area contributed by atoms with Gasteiger partial charge in [0.15, 0.2) is 5.82 Å². The highest BCUT2D eigenvalue weighted by molar-refractivity contribution is 6.07. The molecule has 4 aromatic rings. The van der Waals surface area contributed by atoms with Gasteiger partial charge in [-0.2, -0.15) is 18.3 Å². The molecule has 13 heteroatoms. The Morgan fingerprint density at radius 1 is 1.06 bits per heavy atom. The van der Waals surface area contributed by atoms with E-state index in [1.807, 2.05) is 0 Å². The van der Waals surface area contributed by atoms with Crippen molar-refractivity contribution in [2.45, 2.75) is 6.18 Å². The van der Waals surface area contributed by atoms with E-state index in [9.17, 15) is 22.8 Å². The summed E-state index contributed by atoms with van der Waals surface area (Å²) >= 11 is 0. The number of anilines is 3. The molecule has 3 amide bonds. The van der Waals surface area contributed by atoms with E-state index in [2.05, 4.69) is 25.7 Å². The molecule has 0 aliphatic carbocycles. The van der Waals surface area contributed by atoms with Crippen molar-refractivity contribution in [1.82, 2.24) is 24.5 Å². The van der Waals surface area contributed by atoms with E-state index in [1.165, 1.54) is 21.8 Å². The smallest absolute Gasteiger partial charge is 0.382 e. The van der Waals surface area contributed by atoms with E-state index in [0.29, 0.717) is 27.9 Å². The van der Waals surface area contributed by atoms with Gasteiger partial charge in [-0.25, -0.2) is 19.3 Å². The average molecular weight is 484 g/mol. The normalized spacial score (nSPS) is 11.3. The van der Waals surface area contributed by atoms with Gasteiger partial charge in [0.05, 0.1) is 5.56 Å². The van der Waals surface area contributed by atoms with Gasteiger partial charge >= 0.3 is 12.2 Å². The number of alkyl halides is 3. The third-order valence-corrected chi connectivity index (χ3v) is 4.95. The molecule has 0 fully saturated rings. The maximum atomic E-state index is 12.8. The van der Waals surface area contributed by atoms with Crippen molar-refractivity contribution >= 4 is 34.8 Å². The number of halogens is 3. The molecule has 0 bridgehead atoms. The Morgan fingerprint density at radius 2 is 1.77 bits per heavy atom.